The van der Waals surface area contributed by atoms with Gasteiger partial charge in [0.2, 0.25) is 0 Å². The van der Waals surface area contributed by atoms with E-state index in [-0.39, 0.29) is 11.4 Å². The first-order valence-electron chi connectivity index (χ1n) is 3.57. The van der Waals surface area contributed by atoms with E-state index in [0.717, 1.165) is 11.1 Å². The van der Waals surface area contributed by atoms with Crippen molar-refractivity contribution >= 4 is 0 Å². The van der Waals surface area contributed by atoms with Crippen molar-refractivity contribution in [1.82, 2.24) is 4.98 Å². The lowest BCUT2D eigenvalue weighted by Gasteiger charge is -2.00. The van der Waals surface area contributed by atoms with Crippen molar-refractivity contribution in [1.29, 1.82) is 0 Å². The number of hydrogen-bond donors (Lipinski definition) is 2. The van der Waals surface area contributed by atoms with E-state index in [1.54, 1.807) is 6.07 Å². The molecule has 0 atom stereocenters. The quantitative estimate of drug-likeness (QED) is 0.631. The highest BCUT2D eigenvalue weighted by Crippen LogP contribution is 2.07. The van der Waals surface area contributed by atoms with Gasteiger partial charge in [0.1, 0.15) is 0 Å². The van der Waals surface area contributed by atoms with E-state index in [1.165, 1.54) is 0 Å². The fourth-order valence-electron chi connectivity index (χ4n) is 1.14. The van der Waals surface area contributed by atoms with Crippen LogP contribution in [0.1, 0.15) is 18.1 Å². The molecule has 0 radical (unpaired) electrons. The molecule has 0 aliphatic rings. The number of H-pyrrole nitrogens is 1. The molecule has 3 nitrogen and oxygen atoms in total. The third-order valence-corrected chi connectivity index (χ3v) is 1.70. The van der Waals surface area contributed by atoms with E-state index < -0.39 is 0 Å². The molecule has 1 aromatic rings. The second-order valence-electron chi connectivity index (χ2n) is 2.50. The molecule has 60 valence electrons. The molecule has 3 heteroatoms. The lowest BCUT2D eigenvalue weighted by molar-refractivity contribution is 0.450. The number of pyridine rings is 1. The average Bonchev–Trinajstić information content (AvgIpc) is 1.85. The molecule has 1 rings (SSSR count). The summed E-state index contributed by atoms with van der Waals surface area (Å²) in [7, 11) is 0. The van der Waals surface area contributed by atoms with Gasteiger partial charge in [0.25, 0.3) is 5.56 Å². The Labute approximate surface area is 64.7 Å². The smallest absolute Gasteiger partial charge is 0.254 e. The van der Waals surface area contributed by atoms with E-state index in [1.807, 2.05) is 13.8 Å². The van der Waals surface area contributed by atoms with Crippen LogP contribution in [0.15, 0.2) is 10.9 Å². The predicted octanol–water partition coefficient (Wildman–Crippen LogP) is 0.951. The first-order valence-corrected chi connectivity index (χ1v) is 3.57. The van der Waals surface area contributed by atoms with Gasteiger partial charge >= 0.3 is 0 Å². The molecule has 0 saturated heterocycles. The van der Waals surface area contributed by atoms with Crippen molar-refractivity contribution in [2.24, 2.45) is 0 Å². The lowest BCUT2D eigenvalue weighted by Crippen LogP contribution is -2.12. The third-order valence-electron chi connectivity index (χ3n) is 1.70. The molecule has 11 heavy (non-hydrogen) atoms. The van der Waals surface area contributed by atoms with Gasteiger partial charge < -0.3 is 5.11 Å². The van der Waals surface area contributed by atoms with Crippen molar-refractivity contribution in [2.75, 3.05) is 0 Å². The normalized spacial score (nSPS) is 10.0. The minimum absolute atomic E-state index is 0.0651. The van der Waals surface area contributed by atoms with Crippen LogP contribution < -0.4 is 5.56 Å². The molecule has 0 fully saturated rings. The fourth-order valence-corrected chi connectivity index (χ4v) is 1.14. The van der Waals surface area contributed by atoms with E-state index in [2.05, 4.69) is 4.98 Å². The Morgan fingerprint density at radius 1 is 1.64 bits per heavy atom. The number of hydrogen-bond acceptors (Lipinski definition) is 2. The summed E-state index contributed by atoms with van der Waals surface area (Å²) in [5.74, 6) is -0.0651. The number of aromatic amines is 1. The van der Waals surface area contributed by atoms with Crippen molar-refractivity contribution in [2.45, 2.75) is 20.3 Å². The lowest BCUT2D eigenvalue weighted by atomic mass is 10.1. The largest absolute Gasteiger partial charge is 0.495 e. The topological polar surface area (TPSA) is 53.1 Å². The van der Waals surface area contributed by atoms with Crippen LogP contribution in [0.4, 0.5) is 0 Å². The zero-order chi connectivity index (χ0) is 8.43. The number of aryl methyl sites for hydroxylation is 1. The predicted molar refractivity (Wildman–Crippen MR) is 42.8 cm³/mol. The van der Waals surface area contributed by atoms with Crippen LogP contribution in [0, 0.1) is 6.92 Å². The van der Waals surface area contributed by atoms with Crippen LogP contribution >= 0.6 is 0 Å². The Bertz CT molecular complexity index is 314. The van der Waals surface area contributed by atoms with Gasteiger partial charge in [-0.25, -0.2) is 0 Å². The van der Waals surface area contributed by atoms with E-state index in [4.69, 9.17) is 5.11 Å². The highest BCUT2D eigenvalue weighted by molar-refractivity contribution is 5.27. The Morgan fingerprint density at radius 2 is 2.27 bits per heavy atom. The molecular formula is C8H11NO2. The summed E-state index contributed by atoms with van der Waals surface area (Å²) < 4.78 is 0. The molecule has 0 aliphatic carbocycles. The van der Waals surface area contributed by atoms with Gasteiger partial charge in [-0.1, -0.05) is 6.92 Å². The molecule has 1 aromatic heterocycles. The summed E-state index contributed by atoms with van der Waals surface area (Å²) in [6, 6.07) is 1.56. The fraction of sp³-hybridized carbons (Fsp3) is 0.375. The maximum Gasteiger partial charge on any atom is 0.254 e. The van der Waals surface area contributed by atoms with Gasteiger partial charge in [0.05, 0.1) is 0 Å². The first-order chi connectivity index (χ1) is 5.15. The molecule has 1 heterocycles. The van der Waals surface area contributed by atoms with Gasteiger partial charge in [-0.3, -0.25) is 9.78 Å². The first kappa shape index (κ1) is 7.85. The number of aromatic nitrogens is 1. The van der Waals surface area contributed by atoms with Crippen LogP contribution in [0.2, 0.25) is 0 Å². The van der Waals surface area contributed by atoms with Crippen LogP contribution in [-0.2, 0) is 6.42 Å². The Balaban J connectivity index is 3.37. The maximum atomic E-state index is 11.1. The molecule has 0 bridgehead atoms. The van der Waals surface area contributed by atoms with Gasteiger partial charge in [-0.15, -0.1) is 0 Å². The van der Waals surface area contributed by atoms with Crippen LogP contribution in [0.25, 0.3) is 0 Å². The zero-order valence-corrected chi connectivity index (χ0v) is 6.64. The number of nitrogens with one attached hydrogen (secondary N) is 1. The van der Waals surface area contributed by atoms with E-state index in [0.29, 0.717) is 6.42 Å². The SMILES string of the molecule is CCc1c(C)cc(O)[nH]c1=O. The summed E-state index contributed by atoms with van der Waals surface area (Å²) in [5, 5.41) is 8.96. The van der Waals surface area contributed by atoms with Crippen LogP contribution in [0.5, 0.6) is 5.88 Å². The zero-order valence-electron chi connectivity index (χ0n) is 6.64. The molecule has 0 amide bonds. The maximum absolute atomic E-state index is 11.1. The number of rotatable bonds is 1. The Morgan fingerprint density at radius 3 is 2.73 bits per heavy atom. The van der Waals surface area contributed by atoms with Crippen molar-refractivity contribution in [3.05, 3.63) is 27.5 Å². The molecule has 0 saturated carbocycles. The second-order valence-corrected chi connectivity index (χ2v) is 2.50. The van der Waals surface area contributed by atoms with Gasteiger partial charge in [-0.2, -0.15) is 0 Å². The molecule has 0 aromatic carbocycles. The van der Waals surface area contributed by atoms with Crippen LogP contribution in [-0.4, -0.2) is 10.1 Å². The van der Waals surface area contributed by atoms with E-state index in [9.17, 15) is 4.79 Å². The second kappa shape index (κ2) is 2.78. The summed E-state index contributed by atoms with van der Waals surface area (Å²) >= 11 is 0. The molecule has 2 N–H and O–H groups in total. The Kier molecular flexibility index (Phi) is 1.98. The highest BCUT2D eigenvalue weighted by Gasteiger charge is 2.01. The summed E-state index contributed by atoms with van der Waals surface area (Å²) in [6.07, 6.45) is 0.696. The van der Waals surface area contributed by atoms with Crippen molar-refractivity contribution < 1.29 is 5.11 Å². The van der Waals surface area contributed by atoms with E-state index >= 15 is 0 Å². The third kappa shape index (κ3) is 1.42. The summed E-state index contributed by atoms with van der Waals surface area (Å²) in [4.78, 5) is 13.4. The highest BCUT2D eigenvalue weighted by atomic mass is 16.3. The molecular weight excluding hydrogens is 142 g/mol. The van der Waals surface area contributed by atoms with Gasteiger partial charge in [0, 0.05) is 11.6 Å². The summed E-state index contributed by atoms with van der Waals surface area (Å²) in [5.41, 5.74) is 1.39. The van der Waals surface area contributed by atoms with Crippen molar-refractivity contribution in [3.63, 3.8) is 0 Å². The van der Waals surface area contributed by atoms with Gasteiger partial charge in [0.15, 0.2) is 5.88 Å². The van der Waals surface area contributed by atoms with Gasteiger partial charge in [-0.05, 0) is 18.9 Å². The summed E-state index contributed by atoms with van der Waals surface area (Å²) in [6.45, 7) is 3.72. The minimum Gasteiger partial charge on any atom is -0.495 e. The Hall–Kier alpha value is -1.25. The molecule has 0 unspecified atom stereocenters. The standard InChI is InChI=1S/C8H11NO2/c1-3-6-5(2)4-7(10)9-8(6)11/h4H,3H2,1-2H3,(H2,9,10,11). The van der Waals surface area contributed by atoms with Crippen LogP contribution in [0.3, 0.4) is 0 Å². The average molecular weight is 153 g/mol. The monoisotopic (exact) mass is 153 g/mol. The molecule has 0 aliphatic heterocycles. The molecule has 0 spiro atoms. The number of aromatic hydroxyl groups is 1. The minimum atomic E-state index is -0.190. The van der Waals surface area contributed by atoms with Crippen molar-refractivity contribution in [3.8, 4) is 5.88 Å².